The second-order valence-corrected chi connectivity index (χ2v) is 12.7. The highest BCUT2D eigenvalue weighted by Crippen LogP contribution is 2.70. The van der Waals surface area contributed by atoms with Crippen LogP contribution in [0.5, 0.6) is 0 Å². The maximum absolute atomic E-state index is 12.7. The van der Waals surface area contributed by atoms with Crippen LogP contribution in [0.25, 0.3) is 0 Å². The van der Waals surface area contributed by atoms with Gasteiger partial charge in [-0.1, -0.05) is 13.8 Å². The molecule has 4 aliphatic rings. The number of aliphatic hydroxyl groups excluding tert-OH is 1. The Labute approximate surface area is 230 Å². The predicted octanol–water partition coefficient (Wildman–Crippen LogP) is 2.70. The van der Waals surface area contributed by atoms with E-state index >= 15 is 0 Å². The number of fused-ring (bicyclic) bond motifs is 5. The molecule has 11 atom stereocenters. The quantitative estimate of drug-likeness (QED) is 0.372. The van der Waals surface area contributed by atoms with E-state index in [1.54, 1.807) is 6.92 Å². The lowest BCUT2D eigenvalue weighted by Crippen LogP contribution is -2.73. The summed E-state index contributed by atoms with van der Waals surface area (Å²) in [5.41, 5.74) is -2.78. The fraction of sp³-hybridized carbons (Fsp3) is 0.862. The molecule has 39 heavy (non-hydrogen) atoms. The number of carbonyl (C=O) groups excluding carboxylic acids is 4. The summed E-state index contributed by atoms with van der Waals surface area (Å²) in [6.07, 6.45) is 1.68. The van der Waals surface area contributed by atoms with Crippen molar-refractivity contribution in [2.45, 2.75) is 117 Å². The highest BCUT2D eigenvalue weighted by Gasteiger charge is 2.76. The van der Waals surface area contributed by atoms with Gasteiger partial charge in [-0.3, -0.25) is 14.4 Å². The minimum absolute atomic E-state index is 0.135. The molecular weight excluding hydrogens is 508 g/mol. The summed E-state index contributed by atoms with van der Waals surface area (Å²) in [5.74, 6) is -3.04. The largest absolute Gasteiger partial charge is 0.463 e. The number of hydrogen-bond donors (Lipinski definition) is 2. The predicted molar refractivity (Wildman–Crippen MR) is 137 cm³/mol. The smallest absolute Gasteiger partial charge is 0.332 e. The monoisotopic (exact) mass is 552 g/mol. The van der Waals surface area contributed by atoms with Crippen molar-refractivity contribution in [2.24, 2.45) is 34.5 Å². The molecule has 0 aromatic rings. The van der Waals surface area contributed by atoms with Crippen LogP contribution >= 0.6 is 0 Å². The fourth-order valence-corrected chi connectivity index (χ4v) is 9.36. The van der Waals surface area contributed by atoms with Gasteiger partial charge in [-0.25, -0.2) is 4.79 Å². The summed E-state index contributed by atoms with van der Waals surface area (Å²) in [6.45, 7) is 8.98. The van der Waals surface area contributed by atoms with Crippen LogP contribution in [-0.2, 0) is 38.1 Å². The van der Waals surface area contributed by atoms with Gasteiger partial charge in [-0.2, -0.15) is 0 Å². The Morgan fingerprint density at radius 1 is 0.897 bits per heavy atom. The summed E-state index contributed by atoms with van der Waals surface area (Å²) in [7, 11) is 0. The molecule has 4 aliphatic carbocycles. The second kappa shape index (κ2) is 10.7. The molecule has 0 aromatic carbocycles. The molecule has 4 fully saturated rings. The van der Waals surface area contributed by atoms with Crippen molar-refractivity contribution in [1.29, 1.82) is 0 Å². The van der Waals surface area contributed by atoms with Crippen LogP contribution < -0.4 is 0 Å². The molecule has 4 rings (SSSR count). The maximum Gasteiger partial charge on any atom is 0.332 e. The summed E-state index contributed by atoms with van der Waals surface area (Å²) in [6, 6.07) is 0. The zero-order valence-corrected chi connectivity index (χ0v) is 23.9. The Morgan fingerprint density at radius 3 is 2.15 bits per heavy atom. The zero-order valence-electron chi connectivity index (χ0n) is 23.9. The lowest BCUT2D eigenvalue weighted by Gasteiger charge is -2.67. The molecule has 10 heteroatoms. The van der Waals surface area contributed by atoms with Gasteiger partial charge < -0.3 is 29.2 Å². The lowest BCUT2D eigenvalue weighted by molar-refractivity contribution is -0.297. The van der Waals surface area contributed by atoms with Gasteiger partial charge in [0.05, 0.1) is 5.60 Å². The molecule has 10 nitrogen and oxygen atoms in total. The average Bonchev–Trinajstić information content (AvgIpc) is 3.12. The van der Waals surface area contributed by atoms with E-state index in [1.807, 2.05) is 6.92 Å². The maximum atomic E-state index is 12.7. The van der Waals surface area contributed by atoms with Gasteiger partial charge in [0.25, 0.3) is 0 Å². The van der Waals surface area contributed by atoms with Gasteiger partial charge in [0, 0.05) is 38.0 Å². The van der Waals surface area contributed by atoms with E-state index in [1.165, 1.54) is 20.8 Å². The third-order valence-electron chi connectivity index (χ3n) is 10.8. The number of aliphatic hydroxyl groups is 2. The fourth-order valence-electron chi connectivity index (χ4n) is 9.36. The number of carbonyl (C=O) groups is 4. The van der Waals surface area contributed by atoms with Crippen molar-refractivity contribution in [3.05, 3.63) is 0 Å². The molecule has 2 unspecified atom stereocenters. The van der Waals surface area contributed by atoms with Crippen molar-refractivity contribution < 1.29 is 48.3 Å². The first kappa shape index (κ1) is 29.8. The van der Waals surface area contributed by atoms with Crippen molar-refractivity contribution in [3.63, 3.8) is 0 Å². The summed E-state index contributed by atoms with van der Waals surface area (Å²) in [5, 5.41) is 22.3. The molecule has 0 aromatic heterocycles. The molecule has 0 bridgehead atoms. The van der Waals surface area contributed by atoms with Gasteiger partial charge in [-0.15, -0.1) is 0 Å². The Kier molecular flexibility index (Phi) is 8.13. The first-order chi connectivity index (χ1) is 18.2. The van der Waals surface area contributed by atoms with Crippen molar-refractivity contribution in [2.75, 3.05) is 6.61 Å². The van der Waals surface area contributed by atoms with Crippen LogP contribution in [-0.4, -0.2) is 70.7 Å². The van der Waals surface area contributed by atoms with E-state index in [0.29, 0.717) is 38.5 Å². The van der Waals surface area contributed by atoms with E-state index in [9.17, 15) is 29.4 Å². The van der Waals surface area contributed by atoms with Crippen LogP contribution in [0, 0.1) is 34.5 Å². The Balaban J connectivity index is 1.83. The molecule has 0 heterocycles. The van der Waals surface area contributed by atoms with Crippen LogP contribution in [0.15, 0.2) is 0 Å². The lowest BCUT2D eigenvalue weighted by atomic mass is 9.41. The van der Waals surface area contributed by atoms with Crippen LogP contribution in [0.4, 0.5) is 0 Å². The molecule has 0 saturated heterocycles. The summed E-state index contributed by atoms with van der Waals surface area (Å²) in [4.78, 5) is 48.8. The molecule has 0 aliphatic heterocycles. The van der Waals surface area contributed by atoms with Gasteiger partial charge in [-0.05, 0) is 69.1 Å². The Bertz CT molecular complexity index is 997. The number of hydrogen-bond acceptors (Lipinski definition) is 10. The van der Waals surface area contributed by atoms with E-state index in [4.69, 9.17) is 18.9 Å². The van der Waals surface area contributed by atoms with Crippen LogP contribution in [0.3, 0.4) is 0 Å². The van der Waals surface area contributed by atoms with E-state index in [-0.39, 0.29) is 35.7 Å². The molecule has 220 valence electrons. The molecule has 0 radical (unpaired) electrons. The van der Waals surface area contributed by atoms with Crippen molar-refractivity contribution in [3.8, 4) is 0 Å². The van der Waals surface area contributed by atoms with Crippen LogP contribution in [0.1, 0.15) is 86.5 Å². The standard InChI is InChI=1S/C29H44O10/c1-15(36-16(2)31)21-10-12-29(35)22-8-7-19-13-20(37-17(3)32)9-11-27(19,5)24(22)25(39-23(34)14-30)26(28(21,29)6)38-18(4)33/h15,19-22,24-26,30,35H,7-14H2,1-6H3/t15?,19?,20-,21+,22+,24+,25-,26+,27-,28-,29-/m0/s1. The topological polar surface area (TPSA) is 146 Å². The molecule has 0 spiro atoms. The van der Waals surface area contributed by atoms with Gasteiger partial charge >= 0.3 is 23.9 Å². The molecular formula is C29H44O10. The first-order valence-corrected chi connectivity index (χ1v) is 14.2. The highest BCUT2D eigenvalue weighted by molar-refractivity contribution is 5.71. The summed E-state index contributed by atoms with van der Waals surface area (Å²) < 4.78 is 23.1. The Morgan fingerprint density at radius 2 is 1.56 bits per heavy atom. The average molecular weight is 553 g/mol. The van der Waals surface area contributed by atoms with E-state index in [0.717, 1.165) is 6.42 Å². The highest BCUT2D eigenvalue weighted by atomic mass is 16.6. The van der Waals surface area contributed by atoms with Gasteiger partial charge in [0.15, 0.2) is 0 Å². The van der Waals surface area contributed by atoms with E-state index < -0.39 is 59.3 Å². The Hall–Kier alpha value is -2.20. The summed E-state index contributed by atoms with van der Waals surface area (Å²) >= 11 is 0. The first-order valence-electron chi connectivity index (χ1n) is 14.2. The number of esters is 4. The normalized spacial score (nSPS) is 43.6. The second-order valence-electron chi connectivity index (χ2n) is 12.7. The number of ether oxygens (including phenoxy) is 4. The third-order valence-corrected chi connectivity index (χ3v) is 10.8. The molecule has 2 N–H and O–H groups in total. The van der Waals surface area contributed by atoms with Gasteiger partial charge in [0.2, 0.25) is 0 Å². The van der Waals surface area contributed by atoms with Crippen molar-refractivity contribution >= 4 is 23.9 Å². The third kappa shape index (κ3) is 4.85. The van der Waals surface area contributed by atoms with Crippen molar-refractivity contribution in [1.82, 2.24) is 0 Å². The SMILES string of the molecule is CC(=O)OC(C)[C@H]1CC[C@]2(O)[C@@H]3CCC4C[C@@H](OC(C)=O)CC[C@]4(C)[C@H]3[C@H](OC(=O)CO)[C@@H](OC(C)=O)[C@]12C. The number of rotatable bonds is 6. The zero-order chi connectivity index (χ0) is 28.9. The van der Waals surface area contributed by atoms with Gasteiger partial charge in [0.1, 0.15) is 31.0 Å². The van der Waals surface area contributed by atoms with Crippen LogP contribution in [0.2, 0.25) is 0 Å². The van der Waals surface area contributed by atoms with E-state index in [2.05, 4.69) is 6.92 Å². The molecule has 4 saturated carbocycles. The molecule has 0 amide bonds. The minimum Gasteiger partial charge on any atom is -0.463 e. The minimum atomic E-state index is -1.28.